The summed E-state index contributed by atoms with van der Waals surface area (Å²) < 4.78 is 6.83. The Labute approximate surface area is 190 Å². The quantitative estimate of drug-likeness (QED) is 0.457. The highest BCUT2D eigenvalue weighted by Gasteiger charge is 2.29. The third-order valence-corrected chi connectivity index (χ3v) is 5.61. The average molecular weight is 445 g/mol. The first kappa shape index (κ1) is 22.0. The summed E-state index contributed by atoms with van der Waals surface area (Å²) in [5, 5.41) is 15.7. The summed E-state index contributed by atoms with van der Waals surface area (Å²) in [5.74, 6) is -1.94. The van der Waals surface area contributed by atoms with E-state index in [2.05, 4.69) is 5.10 Å². The zero-order valence-electron chi connectivity index (χ0n) is 18.5. The molecule has 1 amide bonds. The van der Waals surface area contributed by atoms with E-state index in [0.717, 1.165) is 16.5 Å². The number of fused-ring (bicyclic) bond motifs is 1. The van der Waals surface area contributed by atoms with E-state index in [1.54, 1.807) is 25.1 Å². The van der Waals surface area contributed by atoms with Gasteiger partial charge in [-0.2, -0.15) is 10.1 Å². The van der Waals surface area contributed by atoms with Crippen LogP contribution in [0.2, 0.25) is 0 Å². The minimum atomic E-state index is -1.03. The van der Waals surface area contributed by atoms with Crippen molar-refractivity contribution < 1.29 is 24.2 Å². The van der Waals surface area contributed by atoms with Crippen LogP contribution < -0.4 is 5.01 Å². The molecule has 33 heavy (non-hydrogen) atoms. The molecule has 1 aliphatic rings. The van der Waals surface area contributed by atoms with Crippen molar-refractivity contribution in [1.82, 2.24) is 4.57 Å². The van der Waals surface area contributed by atoms with E-state index in [1.165, 1.54) is 24.3 Å². The van der Waals surface area contributed by atoms with Crippen molar-refractivity contribution >= 4 is 46.2 Å². The van der Waals surface area contributed by atoms with Crippen LogP contribution in [0.3, 0.4) is 0 Å². The fourth-order valence-corrected chi connectivity index (χ4v) is 3.87. The molecule has 0 bridgehead atoms. The van der Waals surface area contributed by atoms with Crippen molar-refractivity contribution in [3.8, 4) is 0 Å². The molecule has 0 saturated heterocycles. The van der Waals surface area contributed by atoms with E-state index in [9.17, 15) is 14.4 Å². The number of hydrogen-bond donors (Lipinski definition) is 1. The van der Waals surface area contributed by atoms with Gasteiger partial charge >= 0.3 is 11.9 Å². The van der Waals surface area contributed by atoms with Gasteiger partial charge in [-0.1, -0.05) is 25.1 Å². The molecule has 1 atom stereocenters. The highest BCUT2D eigenvalue weighted by molar-refractivity contribution is 6.32. The number of rotatable bonds is 6. The number of anilines is 1. The monoisotopic (exact) mass is 445 g/mol. The largest absolute Gasteiger partial charge is 0.478 e. The number of carbonyl (C=O) groups excluding carboxylic acids is 2. The zero-order chi connectivity index (χ0) is 23.7. The smallest absolute Gasteiger partial charge is 0.335 e. The maximum Gasteiger partial charge on any atom is 0.335 e. The van der Waals surface area contributed by atoms with Crippen LogP contribution in [0.4, 0.5) is 5.69 Å². The lowest BCUT2D eigenvalue weighted by Crippen LogP contribution is -2.21. The molecule has 0 radical (unpaired) electrons. The Kier molecular flexibility index (Phi) is 5.83. The van der Waals surface area contributed by atoms with Gasteiger partial charge in [0.25, 0.3) is 5.91 Å². The maximum atomic E-state index is 13.1. The van der Waals surface area contributed by atoms with Gasteiger partial charge in [-0.25, -0.2) is 4.79 Å². The Bertz CT molecular complexity index is 1320. The lowest BCUT2D eigenvalue weighted by atomic mass is 10.1. The highest BCUT2D eigenvalue weighted by Crippen LogP contribution is 2.29. The van der Waals surface area contributed by atoms with Crippen molar-refractivity contribution in [2.75, 3.05) is 12.1 Å². The van der Waals surface area contributed by atoms with Gasteiger partial charge in [-0.05, 0) is 43.3 Å². The molecule has 1 aliphatic heterocycles. The second-order valence-corrected chi connectivity index (χ2v) is 7.89. The second kappa shape index (κ2) is 8.74. The number of para-hydroxylation sites is 1. The number of carbonyl (C=O) groups is 3. The van der Waals surface area contributed by atoms with Gasteiger partial charge in [0.15, 0.2) is 0 Å². The number of benzene rings is 2. The van der Waals surface area contributed by atoms with Crippen LogP contribution in [0.25, 0.3) is 17.0 Å². The predicted octanol–water partition coefficient (Wildman–Crippen LogP) is 3.95. The summed E-state index contributed by atoms with van der Waals surface area (Å²) in [7, 11) is 1.37. The minimum Gasteiger partial charge on any atom is -0.478 e. The number of amides is 1. The van der Waals surface area contributed by atoms with Crippen molar-refractivity contribution in [2.45, 2.75) is 20.4 Å². The first-order chi connectivity index (χ1) is 15.8. The molecule has 168 valence electrons. The van der Waals surface area contributed by atoms with Crippen molar-refractivity contribution in [1.29, 1.82) is 0 Å². The Hall–Kier alpha value is -4.20. The van der Waals surface area contributed by atoms with Crippen LogP contribution >= 0.6 is 0 Å². The lowest BCUT2D eigenvalue weighted by Gasteiger charge is -2.11. The summed E-state index contributed by atoms with van der Waals surface area (Å²) in [6.45, 7) is 4.01. The molecule has 0 saturated carbocycles. The van der Waals surface area contributed by atoms with Gasteiger partial charge in [0, 0.05) is 29.2 Å². The summed E-state index contributed by atoms with van der Waals surface area (Å²) in [5.41, 5.74) is 3.41. The van der Waals surface area contributed by atoms with E-state index >= 15 is 0 Å². The van der Waals surface area contributed by atoms with Crippen LogP contribution in [0.1, 0.15) is 29.8 Å². The van der Waals surface area contributed by atoms with Gasteiger partial charge in [0.2, 0.25) is 0 Å². The number of nitrogens with zero attached hydrogens (tertiary/aromatic N) is 3. The number of aromatic nitrogens is 1. The average Bonchev–Trinajstić information content (AvgIpc) is 3.30. The number of ether oxygens (including phenoxy) is 1. The minimum absolute atomic E-state index is 0.135. The number of aromatic carboxylic acids is 1. The molecule has 4 rings (SSSR count). The molecule has 0 fully saturated rings. The number of esters is 1. The molecule has 2 aromatic carbocycles. The molecule has 8 heteroatoms. The molecule has 2 heterocycles. The number of methoxy groups -OCH3 is 1. The number of carboxylic acids is 1. The van der Waals surface area contributed by atoms with Crippen molar-refractivity contribution in [3.63, 3.8) is 0 Å². The first-order valence-electron chi connectivity index (χ1n) is 10.4. The van der Waals surface area contributed by atoms with Crippen LogP contribution in [0.5, 0.6) is 0 Å². The molecule has 1 aromatic heterocycles. The number of hydrogen-bond acceptors (Lipinski definition) is 5. The molecular weight excluding hydrogens is 422 g/mol. The van der Waals surface area contributed by atoms with Crippen molar-refractivity contribution in [3.05, 3.63) is 71.4 Å². The fraction of sp³-hybridized carbons (Fsp3) is 0.200. The zero-order valence-corrected chi connectivity index (χ0v) is 18.5. The Balaban J connectivity index is 1.68. The van der Waals surface area contributed by atoms with E-state index in [-0.39, 0.29) is 23.4 Å². The molecular formula is C25H23N3O5. The van der Waals surface area contributed by atoms with E-state index in [1.807, 2.05) is 42.0 Å². The second-order valence-electron chi connectivity index (χ2n) is 7.89. The fourth-order valence-electron chi connectivity index (χ4n) is 3.87. The van der Waals surface area contributed by atoms with Gasteiger partial charge in [-0.3, -0.25) is 9.59 Å². The summed E-state index contributed by atoms with van der Waals surface area (Å²) in [6.07, 6.45) is 3.72. The highest BCUT2D eigenvalue weighted by atomic mass is 16.5. The van der Waals surface area contributed by atoms with Crippen LogP contribution in [0.15, 0.2) is 65.4 Å². The van der Waals surface area contributed by atoms with Crippen LogP contribution in [0, 0.1) is 5.92 Å². The lowest BCUT2D eigenvalue weighted by molar-refractivity contribution is -0.145. The van der Waals surface area contributed by atoms with Gasteiger partial charge in [0.05, 0.1) is 35.6 Å². The van der Waals surface area contributed by atoms with E-state index in [0.29, 0.717) is 23.5 Å². The number of hydrazone groups is 1. The summed E-state index contributed by atoms with van der Waals surface area (Å²) >= 11 is 0. The SMILES string of the molecule is COC(=O)C(C)Cn1cc(/C=C2\C(=O)N(c3ccc(C(=O)O)cc3)N=C2C)c2ccccc21. The van der Waals surface area contributed by atoms with Gasteiger partial charge in [0.1, 0.15) is 0 Å². The normalized spacial score (nSPS) is 15.7. The molecule has 0 spiro atoms. The molecule has 1 unspecified atom stereocenters. The van der Waals surface area contributed by atoms with Gasteiger partial charge in [-0.15, -0.1) is 0 Å². The first-order valence-corrected chi connectivity index (χ1v) is 10.4. The molecule has 1 N–H and O–H groups in total. The Morgan fingerprint density at radius 3 is 2.52 bits per heavy atom. The van der Waals surface area contributed by atoms with E-state index in [4.69, 9.17) is 9.84 Å². The Morgan fingerprint density at radius 2 is 1.85 bits per heavy atom. The number of carboxylic acid groups (broad SMARTS) is 1. The summed E-state index contributed by atoms with van der Waals surface area (Å²) in [6, 6.07) is 13.8. The third kappa shape index (κ3) is 4.15. The maximum absolute atomic E-state index is 13.1. The summed E-state index contributed by atoms with van der Waals surface area (Å²) in [4.78, 5) is 36.1. The third-order valence-electron chi connectivity index (χ3n) is 5.61. The Morgan fingerprint density at radius 1 is 1.15 bits per heavy atom. The molecule has 3 aromatic rings. The van der Waals surface area contributed by atoms with E-state index < -0.39 is 5.97 Å². The predicted molar refractivity (Wildman–Crippen MR) is 125 cm³/mol. The topological polar surface area (TPSA) is 101 Å². The standard InChI is InChI=1S/C25H23N3O5/c1-15(25(32)33-3)13-27-14-18(20-6-4-5-7-22(20)27)12-21-16(2)26-28(23(21)29)19-10-8-17(9-11-19)24(30)31/h4-12,14-15H,13H2,1-3H3,(H,30,31)/b21-12-. The van der Waals surface area contributed by atoms with Crippen LogP contribution in [-0.4, -0.2) is 40.3 Å². The van der Waals surface area contributed by atoms with Gasteiger partial charge < -0.3 is 14.4 Å². The molecule has 0 aliphatic carbocycles. The van der Waals surface area contributed by atoms with Crippen LogP contribution in [-0.2, 0) is 20.9 Å². The molecule has 8 nitrogen and oxygen atoms in total. The van der Waals surface area contributed by atoms with Crippen molar-refractivity contribution in [2.24, 2.45) is 11.0 Å².